The third-order valence-electron chi connectivity index (χ3n) is 2.78. The largest absolute Gasteiger partial charge is 0.481 e. The first kappa shape index (κ1) is 16.1. The van der Waals surface area contributed by atoms with Gasteiger partial charge in [0.2, 0.25) is 11.7 Å². The van der Waals surface area contributed by atoms with E-state index in [1.807, 2.05) is 30.3 Å². The summed E-state index contributed by atoms with van der Waals surface area (Å²) in [6.07, 6.45) is 0. The van der Waals surface area contributed by atoms with E-state index in [4.69, 9.17) is 9.52 Å². The number of aryl methyl sites for hydroxylation is 1. The monoisotopic (exact) mass is 320 g/mol. The average molecular weight is 320 g/mol. The lowest BCUT2D eigenvalue weighted by Crippen LogP contribution is -2.26. The number of carboxylic acids is 1. The van der Waals surface area contributed by atoms with Crippen LogP contribution in [0.3, 0.4) is 0 Å². The van der Waals surface area contributed by atoms with Crippen LogP contribution in [0, 0.1) is 6.92 Å². The molecule has 0 aliphatic rings. The molecule has 1 aromatic carbocycles. The molecule has 0 aliphatic carbocycles. The third kappa shape index (κ3) is 4.36. The van der Waals surface area contributed by atoms with E-state index < -0.39 is 5.97 Å². The minimum absolute atomic E-state index is 0.0232. The van der Waals surface area contributed by atoms with Gasteiger partial charge in [0.25, 0.3) is 5.91 Å². The maximum Gasteiger partial charge on any atom is 0.313 e. The number of hydrogen-bond acceptors (Lipinski definition) is 5. The number of thioether (sulfide) groups is 1. The molecule has 0 atom stereocenters. The second-order valence-corrected chi connectivity index (χ2v) is 5.61. The minimum atomic E-state index is -0.866. The van der Waals surface area contributed by atoms with Gasteiger partial charge >= 0.3 is 5.97 Å². The lowest BCUT2D eigenvalue weighted by atomic mass is 10.2. The highest BCUT2D eigenvalue weighted by molar-refractivity contribution is 7.99. The third-order valence-corrected chi connectivity index (χ3v) is 3.72. The molecule has 2 rings (SSSR count). The summed E-state index contributed by atoms with van der Waals surface area (Å²) < 4.78 is 5.53. The van der Waals surface area contributed by atoms with Crippen molar-refractivity contribution in [3.63, 3.8) is 0 Å². The molecule has 0 bridgehead atoms. The summed E-state index contributed by atoms with van der Waals surface area (Å²) in [6, 6.07) is 9.34. The number of aliphatic carboxylic acids is 1. The van der Waals surface area contributed by atoms with Crippen molar-refractivity contribution in [1.29, 1.82) is 0 Å². The van der Waals surface area contributed by atoms with Gasteiger partial charge in [0.15, 0.2) is 0 Å². The predicted molar refractivity (Wildman–Crippen MR) is 84.0 cm³/mol. The Morgan fingerprint density at radius 3 is 2.73 bits per heavy atom. The van der Waals surface area contributed by atoms with E-state index in [1.54, 1.807) is 6.92 Å². The van der Waals surface area contributed by atoms with Crippen molar-refractivity contribution in [2.75, 3.05) is 18.1 Å². The number of carbonyl (C=O) groups is 2. The van der Waals surface area contributed by atoms with E-state index in [2.05, 4.69) is 10.3 Å². The van der Waals surface area contributed by atoms with Gasteiger partial charge in [-0.2, -0.15) is 0 Å². The molecule has 1 aromatic heterocycles. The van der Waals surface area contributed by atoms with Gasteiger partial charge in [0, 0.05) is 17.9 Å². The standard InChI is InChI=1S/C15H16N2O4S/c1-10-13(14(20)16-7-8-22-9-12(18)19)21-15(17-10)11-5-3-2-4-6-11/h2-6H,7-9H2,1H3,(H,16,20)(H,18,19). The zero-order chi connectivity index (χ0) is 15.9. The van der Waals surface area contributed by atoms with Crippen molar-refractivity contribution in [1.82, 2.24) is 10.3 Å². The number of amides is 1. The van der Waals surface area contributed by atoms with Crippen molar-refractivity contribution >= 4 is 23.6 Å². The summed E-state index contributed by atoms with van der Waals surface area (Å²) >= 11 is 1.24. The molecule has 2 N–H and O–H groups in total. The van der Waals surface area contributed by atoms with Gasteiger partial charge in [-0.25, -0.2) is 4.98 Å². The maximum atomic E-state index is 12.0. The molecule has 0 spiro atoms. The molecule has 116 valence electrons. The van der Waals surface area contributed by atoms with Crippen LogP contribution in [0.15, 0.2) is 34.7 Å². The van der Waals surface area contributed by atoms with Crippen LogP contribution < -0.4 is 5.32 Å². The fraction of sp³-hybridized carbons (Fsp3) is 0.267. The Morgan fingerprint density at radius 2 is 2.05 bits per heavy atom. The number of nitrogens with one attached hydrogen (secondary N) is 1. The molecule has 0 radical (unpaired) electrons. The summed E-state index contributed by atoms with van der Waals surface area (Å²) in [6.45, 7) is 2.08. The SMILES string of the molecule is Cc1nc(-c2ccccc2)oc1C(=O)NCCSCC(=O)O. The second-order valence-electron chi connectivity index (χ2n) is 4.50. The zero-order valence-electron chi connectivity index (χ0n) is 12.0. The zero-order valence-corrected chi connectivity index (χ0v) is 12.9. The van der Waals surface area contributed by atoms with E-state index in [0.29, 0.717) is 23.9 Å². The number of hydrogen-bond donors (Lipinski definition) is 2. The fourth-order valence-electron chi connectivity index (χ4n) is 1.79. The summed E-state index contributed by atoms with van der Waals surface area (Å²) in [4.78, 5) is 26.7. The number of rotatable bonds is 7. The molecule has 0 saturated carbocycles. The highest BCUT2D eigenvalue weighted by Crippen LogP contribution is 2.21. The van der Waals surface area contributed by atoms with Gasteiger partial charge in [0.1, 0.15) is 0 Å². The topological polar surface area (TPSA) is 92.4 Å². The van der Waals surface area contributed by atoms with Crippen LogP contribution in [-0.4, -0.2) is 40.0 Å². The van der Waals surface area contributed by atoms with Crippen LogP contribution >= 0.6 is 11.8 Å². The van der Waals surface area contributed by atoms with Gasteiger partial charge < -0.3 is 14.8 Å². The fourth-order valence-corrected chi connectivity index (χ4v) is 2.35. The summed E-state index contributed by atoms with van der Waals surface area (Å²) in [5.74, 6) is -0.0739. The molecule has 2 aromatic rings. The number of aromatic nitrogens is 1. The predicted octanol–water partition coefficient (Wildman–Crippen LogP) is 2.20. The van der Waals surface area contributed by atoms with Crippen molar-refractivity contribution in [2.24, 2.45) is 0 Å². The van der Waals surface area contributed by atoms with Crippen molar-refractivity contribution in [3.8, 4) is 11.5 Å². The molecule has 1 heterocycles. The quantitative estimate of drug-likeness (QED) is 0.760. The van der Waals surface area contributed by atoms with E-state index in [-0.39, 0.29) is 17.4 Å². The molecule has 22 heavy (non-hydrogen) atoms. The Hall–Kier alpha value is -2.28. The molecular weight excluding hydrogens is 304 g/mol. The Kier molecular flexibility index (Phi) is 5.60. The molecule has 0 aliphatic heterocycles. The smallest absolute Gasteiger partial charge is 0.313 e. The summed E-state index contributed by atoms with van der Waals surface area (Å²) in [7, 11) is 0. The van der Waals surface area contributed by atoms with Gasteiger partial charge in [-0.3, -0.25) is 9.59 Å². The van der Waals surface area contributed by atoms with Gasteiger partial charge in [-0.15, -0.1) is 11.8 Å². The molecule has 6 nitrogen and oxygen atoms in total. The van der Waals surface area contributed by atoms with Gasteiger partial charge in [0.05, 0.1) is 11.4 Å². The number of carbonyl (C=O) groups excluding carboxylic acids is 1. The lowest BCUT2D eigenvalue weighted by Gasteiger charge is -2.02. The maximum absolute atomic E-state index is 12.0. The summed E-state index contributed by atoms with van der Waals surface area (Å²) in [5.41, 5.74) is 1.33. The first-order valence-corrected chi connectivity index (χ1v) is 7.84. The first-order chi connectivity index (χ1) is 10.6. The molecule has 7 heteroatoms. The van der Waals surface area contributed by atoms with E-state index in [9.17, 15) is 9.59 Å². The number of nitrogens with zero attached hydrogens (tertiary/aromatic N) is 1. The van der Waals surface area contributed by atoms with Gasteiger partial charge in [-0.1, -0.05) is 18.2 Å². The summed E-state index contributed by atoms with van der Waals surface area (Å²) in [5, 5.41) is 11.2. The minimum Gasteiger partial charge on any atom is -0.481 e. The van der Waals surface area contributed by atoms with Crippen LogP contribution in [0.5, 0.6) is 0 Å². The Labute approximate surface area is 131 Å². The van der Waals surface area contributed by atoms with Crippen molar-refractivity contribution in [2.45, 2.75) is 6.92 Å². The highest BCUT2D eigenvalue weighted by Gasteiger charge is 2.17. The van der Waals surface area contributed by atoms with Crippen LogP contribution in [0.2, 0.25) is 0 Å². The Balaban J connectivity index is 1.93. The van der Waals surface area contributed by atoms with E-state index >= 15 is 0 Å². The van der Waals surface area contributed by atoms with Crippen LogP contribution in [-0.2, 0) is 4.79 Å². The second kappa shape index (κ2) is 7.65. The lowest BCUT2D eigenvalue weighted by molar-refractivity contribution is -0.133. The van der Waals surface area contributed by atoms with Crippen LogP contribution in [0.25, 0.3) is 11.5 Å². The van der Waals surface area contributed by atoms with Gasteiger partial charge in [-0.05, 0) is 19.1 Å². The number of benzene rings is 1. The molecular formula is C15H16N2O4S. The molecule has 0 saturated heterocycles. The highest BCUT2D eigenvalue weighted by atomic mass is 32.2. The van der Waals surface area contributed by atoms with E-state index in [0.717, 1.165) is 5.56 Å². The number of oxazole rings is 1. The van der Waals surface area contributed by atoms with Crippen LogP contribution in [0.1, 0.15) is 16.2 Å². The molecule has 1 amide bonds. The molecule has 0 fully saturated rings. The van der Waals surface area contributed by atoms with Crippen molar-refractivity contribution < 1.29 is 19.1 Å². The average Bonchev–Trinajstić information content (AvgIpc) is 2.89. The Bertz CT molecular complexity index is 655. The van der Waals surface area contributed by atoms with Crippen molar-refractivity contribution in [3.05, 3.63) is 41.8 Å². The normalized spacial score (nSPS) is 10.4. The number of carboxylic acid groups (broad SMARTS) is 1. The Morgan fingerprint density at radius 1 is 1.32 bits per heavy atom. The van der Waals surface area contributed by atoms with Crippen LogP contribution in [0.4, 0.5) is 0 Å². The van der Waals surface area contributed by atoms with E-state index in [1.165, 1.54) is 11.8 Å². The first-order valence-electron chi connectivity index (χ1n) is 6.68. The molecule has 0 unspecified atom stereocenters.